The zero-order valence-electron chi connectivity index (χ0n) is 28.4. The molecule has 6 rings (SSSR count). The van der Waals surface area contributed by atoms with Crippen molar-refractivity contribution in [2.24, 2.45) is 7.05 Å². The molecule has 0 radical (unpaired) electrons. The first-order chi connectivity index (χ1) is 24.1. The predicted octanol–water partition coefficient (Wildman–Crippen LogP) is 7.95. The van der Waals surface area contributed by atoms with Crippen LogP contribution in [0.5, 0.6) is 11.5 Å². The van der Waals surface area contributed by atoms with Crippen LogP contribution in [0.15, 0.2) is 56.8 Å². The molecule has 6 aromatic rings. The summed E-state index contributed by atoms with van der Waals surface area (Å²) in [5.41, 5.74) is 2.70. The predicted molar refractivity (Wildman–Crippen MR) is 178 cm³/mol. The molecule has 0 unspecified atom stereocenters. The van der Waals surface area contributed by atoms with Crippen molar-refractivity contribution in [2.75, 3.05) is 0 Å². The van der Waals surface area contributed by atoms with E-state index in [1.54, 1.807) is 63.0 Å². The van der Waals surface area contributed by atoms with E-state index >= 15 is 0 Å². The van der Waals surface area contributed by atoms with Crippen molar-refractivity contribution < 1.29 is 43.7 Å². The molecule has 51 heavy (non-hydrogen) atoms. The highest BCUT2D eigenvalue weighted by molar-refractivity contribution is 7.87. The Balaban J connectivity index is 0.00000248. The summed E-state index contributed by atoms with van der Waals surface area (Å²) < 4.78 is 115. The Morgan fingerprint density at radius 1 is 0.902 bits per heavy atom. The fraction of sp³-hybridized carbons (Fsp3) is 0.257. The lowest BCUT2D eigenvalue weighted by Crippen LogP contribution is -2.18. The lowest BCUT2D eigenvalue weighted by Gasteiger charge is -2.20. The third-order valence-corrected chi connectivity index (χ3v) is 8.84. The van der Waals surface area contributed by atoms with Crippen molar-refractivity contribution in [3.05, 3.63) is 104 Å². The number of halogens is 5. The Bertz CT molecular complexity index is 2470. The molecule has 4 heterocycles. The van der Waals surface area contributed by atoms with Gasteiger partial charge in [-0.1, -0.05) is 20.8 Å². The Hall–Kier alpha value is -5.38. The molecule has 2 aromatic carbocycles. The van der Waals surface area contributed by atoms with Crippen molar-refractivity contribution in [1.29, 1.82) is 0 Å². The summed E-state index contributed by atoms with van der Waals surface area (Å²) in [4.78, 5) is 22.2. The van der Waals surface area contributed by atoms with Gasteiger partial charge in [-0.15, -0.1) is 0 Å². The molecular weight excluding hydrogens is 699 g/mol. The van der Waals surface area contributed by atoms with Gasteiger partial charge in [0.15, 0.2) is 16.9 Å². The summed E-state index contributed by atoms with van der Waals surface area (Å²) in [7, 11) is -3.64. The van der Waals surface area contributed by atoms with Crippen LogP contribution in [0.3, 0.4) is 0 Å². The molecular formula is C35H31F5N4O6S. The molecule has 0 aliphatic carbocycles. The Morgan fingerprint density at radius 2 is 1.55 bits per heavy atom. The van der Waals surface area contributed by atoms with Crippen molar-refractivity contribution >= 4 is 32.1 Å². The maximum atomic E-state index is 14.4. The van der Waals surface area contributed by atoms with E-state index in [-0.39, 0.29) is 39.8 Å². The van der Waals surface area contributed by atoms with E-state index < -0.39 is 61.8 Å². The molecule has 16 heteroatoms. The lowest BCUT2D eigenvalue weighted by atomic mass is 10.0. The number of rotatable bonds is 8. The zero-order chi connectivity index (χ0) is 37.5. The normalized spacial score (nSPS) is 12.2. The number of pyridine rings is 2. The van der Waals surface area contributed by atoms with E-state index in [2.05, 4.69) is 19.2 Å². The summed E-state index contributed by atoms with van der Waals surface area (Å²) in [6.07, 6.45) is 0.819. The maximum absolute atomic E-state index is 14.4. The van der Waals surface area contributed by atoms with Gasteiger partial charge in [-0.25, -0.2) is 23.1 Å². The molecule has 0 spiro atoms. The van der Waals surface area contributed by atoms with Gasteiger partial charge in [0.25, 0.3) is 0 Å². The number of ether oxygens (including phenoxy) is 1. The fourth-order valence-electron chi connectivity index (χ4n) is 5.26. The van der Waals surface area contributed by atoms with Gasteiger partial charge in [0, 0.05) is 23.9 Å². The van der Waals surface area contributed by atoms with Crippen LogP contribution in [-0.4, -0.2) is 28.2 Å². The Kier molecular flexibility index (Phi) is 10.2. The lowest BCUT2D eigenvalue weighted by molar-refractivity contribution is 0.218. The minimum Gasteiger partial charge on any atom is -0.483 e. The minimum atomic E-state index is -5.38. The molecule has 0 amide bonds. The largest absolute Gasteiger partial charge is 0.483 e. The van der Waals surface area contributed by atoms with Gasteiger partial charge in [-0.3, -0.25) is 9.48 Å². The molecule has 0 bridgehead atoms. The highest BCUT2D eigenvalue weighted by atomic mass is 32.2. The van der Waals surface area contributed by atoms with E-state index in [9.17, 15) is 35.2 Å². The standard InChI is InChI=1S/C33H25F5N4O6S.C2H6/c1-6-17-7-10-23(33(39-17)49(44,45)48-32-27(37)25(35)24(34)26(36)28(32)38)46-16(4)18-11-14(2)12-19-29(43)15(3)30(47-31(18)19)21-9-8-20-22(40-21)13-42(5)41-20;1-2/h7-13,16H,6H2,1-5H3;1-2H3/t16-;/m1./s1. The summed E-state index contributed by atoms with van der Waals surface area (Å²) in [5, 5.41) is 3.52. The van der Waals surface area contributed by atoms with E-state index in [1.165, 1.54) is 19.1 Å². The van der Waals surface area contributed by atoms with Crippen molar-refractivity contribution in [1.82, 2.24) is 19.7 Å². The molecule has 0 fully saturated rings. The third kappa shape index (κ3) is 6.74. The van der Waals surface area contributed by atoms with Crippen molar-refractivity contribution in [3.8, 4) is 23.0 Å². The number of aryl methyl sites for hydroxylation is 3. The second-order valence-electron chi connectivity index (χ2n) is 11.2. The second kappa shape index (κ2) is 14.1. The fourth-order valence-corrected chi connectivity index (χ4v) is 6.29. The Morgan fingerprint density at radius 3 is 2.20 bits per heavy atom. The van der Waals surface area contributed by atoms with Crippen LogP contribution in [0.4, 0.5) is 22.0 Å². The summed E-state index contributed by atoms with van der Waals surface area (Å²) in [6.45, 7) is 10.5. The van der Waals surface area contributed by atoms with Crippen LogP contribution in [0, 0.1) is 42.9 Å². The van der Waals surface area contributed by atoms with E-state index in [0.717, 1.165) is 0 Å². The minimum absolute atomic E-state index is 0.108. The van der Waals surface area contributed by atoms with Gasteiger partial charge < -0.3 is 13.3 Å². The van der Waals surface area contributed by atoms with Crippen LogP contribution in [-0.2, 0) is 23.6 Å². The first kappa shape index (κ1) is 36.9. The average molecular weight is 731 g/mol. The van der Waals surface area contributed by atoms with E-state index in [0.29, 0.717) is 27.9 Å². The summed E-state index contributed by atoms with van der Waals surface area (Å²) in [5.74, 6) is -14.6. The number of hydrogen-bond acceptors (Lipinski definition) is 9. The molecule has 0 saturated carbocycles. The topological polar surface area (TPSA) is 126 Å². The van der Waals surface area contributed by atoms with Crippen LogP contribution < -0.4 is 14.3 Å². The highest BCUT2D eigenvalue weighted by Crippen LogP contribution is 2.36. The number of benzene rings is 2. The van der Waals surface area contributed by atoms with Crippen LogP contribution >= 0.6 is 0 Å². The Labute approximate surface area is 288 Å². The molecule has 4 aromatic heterocycles. The molecule has 0 saturated heterocycles. The average Bonchev–Trinajstić information content (AvgIpc) is 3.50. The zero-order valence-corrected chi connectivity index (χ0v) is 29.2. The van der Waals surface area contributed by atoms with Gasteiger partial charge in [-0.2, -0.15) is 22.3 Å². The van der Waals surface area contributed by atoms with Gasteiger partial charge in [0.1, 0.15) is 28.4 Å². The third-order valence-electron chi connectivity index (χ3n) is 7.69. The number of nitrogens with zero attached hydrogens (tertiary/aromatic N) is 4. The van der Waals surface area contributed by atoms with Crippen molar-refractivity contribution in [3.63, 3.8) is 0 Å². The summed E-state index contributed by atoms with van der Waals surface area (Å²) >= 11 is 0. The van der Waals surface area contributed by atoms with E-state index in [4.69, 9.17) is 9.15 Å². The molecule has 1 atom stereocenters. The highest BCUT2D eigenvalue weighted by Gasteiger charge is 2.34. The van der Waals surface area contributed by atoms with Crippen LogP contribution in [0.2, 0.25) is 0 Å². The van der Waals surface area contributed by atoms with Crippen LogP contribution in [0.1, 0.15) is 56.2 Å². The molecule has 0 aliphatic rings. The van der Waals surface area contributed by atoms with Gasteiger partial charge in [-0.05, 0) is 69.2 Å². The summed E-state index contributed by atoms with van der Waals surface area (Å²) in [6, 6.07) is 9.27. The van der Waals surface area contributed by atoms with Gasteiger partial charge in [0.2, 0.25) is 39.9 Å². The molecule has 0 aliphatic heterocycles. The number of hydrogen-bond donors (Lipinski definition) is 0. The van der Waals surface area contributed by atoms with Gasteiger partial charge in [0.05, 0.1) is 11.6 Å². The molecule has 0 N–H and O–H groups in total. The van der Waals surface area contributed by atoms with Crippen molar-refractivity contribution in [2.45, 2.75) is 59.1 Å². The molecule has 268 valence electrons. The maximum Gasteiger partial charge on any atom is 0.360 e. The first-order valence-corrected chi connectivity index (χ1v) is 17.0. The second-order valence-corrected chi connectivity index (χ2v) is 12.6. The first-order valence-electron chi connectivity index (χ1n) is 15.6. The quantitative estimate of drug-likeness (QED) is 0.0664. The van der Waals surface area contributed by atoms with Gasteiger partial charge >= 0.3 is 10.1 Å². The molecule has 10 nitrogen and oxygen atoms in total. The van der Waals surface area contributed by atoms with Crippen LogP contribution in [0.25, 0.3) is 33.5 Å². The number of fused-ring (bicyclic) bond motifs is 2. The number of aromatic nitrogens is 4. The monoisotopic (exact) mass is 730 g/mol. The van der Waals surface area contributed by atoms with E-state index in [1.807, 2.05) is 13.8 Å². The smallest absolute Gasteiger partial charge is 0.360 e. The SMILES string of the molecule is CC.CCc1ccc(O[C@H](C)c2cc(C)cc3c(=O)c(C)c(-c4ccc5nn(C)cc5n4)oc23)c(S(=O)(=O)Oc2c(F)c(F)c(F)c(F)c2F)n1.